The quantitative estimate of drug-likeness (QED) is 0.502. The van der Waals surface area contributed by atoms with Crippen molar-refractivity contribution in [3.05, 3.63) is 72.7 Å². The number of carbonyl (C=O) groups excluding carboxylic acids is 1. The minimum absolute atomic E-state index is 0.0273. The number of morpholine rings is 1. The second-order valence-electron chi connectivity index (χ2n) is 6.96. The van der Waals surface area contributed by atoms with Crippen molar-refractivity contribution in [3.8, 4) is 5.69 Å². The van der Waals surface area contributed by atoms with Gasteiger partial charge in [-0.05, 0) is 41.6 Å². The number of ether oxygens (including phenoxy) is 1. The average Bonchev–Trinajstić information content (AvgIpc) is 3.48. The van der Waals surface area contributed by atoms with Crippen LogP contribution in [0.5, 0.6) is 0 Å². The number of fused-ring (bicyclic) bond motifs is 1. The van der Waals surface area contributed by atoms with Crippen molar-refractivity contribution >= 4 is 17.1 Å². The molecule has 1 aromatic carbocycles. The van der Waals surface area contributed by atoms with E-state index in [2.05, 4.69) is 15.3 Å². The molecule has 0 N–H and O–H groups in total. The molecule has 0 saturated carbocycles. The molecule has 152 valence electrons. The Morgan fingerprint density at radius 3 is 2.90 bits per heavy atom. The summed E-state index contributed by atoms with van der Waals surface area (Å²) in [5.74, 6) is -0.0273. The first kappa shape index (κ1) is 18.3. The largest absolute Gasteiger partial charge is 0.391 e. The zero-order chi connectivity index (χ0) is 20.3. The minimum atomic E-state index is -0.274. The molecule has 1 saturated heterocycles. The van der Waals surface area contributed by atoms with Gasteiger partial charge in [-0.2, -0.15) is 0 Å². The molecular weight excluding hydrogens is 384 g/mol. The smallest absolute Gasteiger partial charge is 0.256 e. The first-order valence-electron chi connectivity index (χ1n) is 9.72. The van der Waals surface area contributed by atoms with E-state index in [0.29, 0.717) is 36.4 Å². The highest BCUT2D eigenvalue weighted by Gasteiger charge is 2.27. The normalized spacial score (nSPS) is 16.7. The number of benzene rings is 1. The van der Waals surface area contributed by atoms with E-state index in [9.17, 15) is 4.79 Å². The molecule has 3 aromatic heterocycles. The van der Waals surface area contributed by atoms with Crippen LogP contribution in [-0.2, 0) is 4.74 Å². The second-order valence-corrected chi connectivity index (χ2v) is 6.96. The molecule has 5 rings (SSSR count). The molecule has 9 nitrogen and oxygen atoms in total. The van der Waals surface area contributed by atoms with Gasteiger partial charge in [-0.15, -0.1) is 5.10 Å². The van der Waals surface area contributed by atoms with Crippen LogP contribution < -0.4 is 4.84 Å². The lowest BCUT2D eigenvalue weighted by Gasteiger charge is -2.33. The summed E-state index contributed by atoms with van der Waals surface area (Å²) in [7, 11) is 0. The number of aromatic nitrogens is 5. The Balaban J connectivity index is 1.28. The number of amides is 1. The van der Waals surface area contributed by atoms with Crippen LogP contribution in [-0.4, -0.2) is 67.9 Å². The van der Waals surface area contributed by atoms with Crippen LogP contribution in [0.3, 0.4) is 0 Å². The predicted octanol–water partition coefficient (Wildman–Crippen LogP) is 1.59. The summed E-state index contributed by atoms with van der Waals surface area (Å²) in [4.78, 5) is 26.3. The van der Waals surface area contributed by atoms with Gasteiger partial charge >= 0.3 is 0 Å². The number of para-hydroxylation sites is 1. The molecule has 9 heteroatoms. The number of nitrogens with zero attached hydrogens (tertiary/aromatic N) is 6. The van der Waals surface area contributed by atoms with Gasteiger partial charge in [0.1, 0.15) is 18.2 Å². The minimum Gasteiger partial charge on any atom is -0.391 e. The maximum atomic E-state index is 13.2. The lowest BCUT2D eigenvalue weighted by molar-refractivity contribution is -0.0680. The monoisotopic (exact) mass is 404 g/mol. The van der Waals surface area contributed by atoms with Crippen molar-refractivity contribution in [1.82, 2.24) is 29.6 Å². The van der Waals surface area contributed by atoms with Gasteiger partial charge in [0.2, 0.25) is 5.65 Å². The second kappa shape index (κ2) is 7.96. The molecule has 1 amide bonds. The van der Waals surface area contributed by atoms with Crippen LogP contribution in [0, 0.1) is 0 Å². The molecule has 4 heterocycles. The van der Waals surface area contributed by atoms with Crippen LogP contribution in [0.15, 0.2) is 67.1 Å². The van der Waals surface area contributed by atoms with E-state index in [1.54, 1.807) is 17.2 Å². The van der Waals surface area contributed by atoms with E-state index in [1.807, 2.05) is 59.4 Å². The molecule has 1 aliphatic rings. The van der Waals surface area contributed by atoms with Crippen molar-refractivity contribution < 1.29 is 14.4 Å². The number of pyridine rings is 1. The third-order valence-electron chi connectivity index (χ3n) is 5.01. The Hall–Kier alpha value is -3.72. The fourth-order valence-corrected chi connectivity index (χ4v) is 3.54. The van der Waals surface area contributed by atoms with Crippen LogP contribution in [0.25, 0.3) is 16.9 Å². The van der Waals surface area contributed by atoms with Crippen LogP contribution in [0.2, 0.25) is 0 Å². The summed E-state index contributed by atoms with van der Waals surface area (Å²) in [5, 5.41) is 7.98. The molecule has 0 aliphatic carbocycles. The van der Waals surface area contributed by atoms with Gasteiger partial charge in [0.15, 0.2) is 0 Å². The topological polar surface area (TPSA) is 87.3 Å². The Labute approximate surface area is 172 Å². The summed E-state index contributed by atoms with van der Waals surface area (Å²) >= 11 is 0. The van der Waals surface area contributed by atoms with Crippen molar-refractivity contribution in [2.75, 3.05) is 26.3 Å². The summed E-state index contributed by atoms with van der Waals surface area (Å²) in [6.45, 7) is 1.64. The lowest BCUT2D eigenvalue weighted by Crippen LogP contribution is -2.48. The highest BCUT2D eigenvalue weighted by atomic mass is 16.7. The molecule has 0 spiro atoms. The van der Waals surface area contributed by atoms with Crippen LogP contribution >= 0.6 is 0 Å². The van der Waals surface area contributed by atoms with Gasteiger partial charge in [0, 0.05) is 25.1 Å². The Morgan fingerprint density at radius 1 is 1.13 bits per heavy atom. The van der Waals surface area contributed by atoms with Gasteiger partial charge in [-0.25, -0.2) is 4.98 Å². The summed E-state index contributed by atoms with van der Waals surface area (Å²) < 4.78 is 7.74. The van der Waals surface area contributed by atoms with E-state index in [0.717, 1.165) is 5.69 Å². The van der Waals surface area contributed by atoms with Gasteiger partial charge < -0.3 is 19.0 Å². The highest BCUT2D eigenvalue weighted by Crippen LogP contribution is 2.18. The first-order chi connectivity index (χ1) is 14.8. The zero-order valence-corrected chi connectivity index (χ0v) is 16.2. The lowest BCUT2D eigenvalue weighted by atomic mass is 10.1. The van der Waals surface area contributed by atoms with Crippen molar-refractivity contribution in [1.29, 1.82) is 0 Å². The third kappa shape index (κ3) is 3.50. The molecule has 1 unspecified atom stereocenters. The standard InChI is InChI=1S/C21H20N6O3/c28-21(17-6-1-2-8-19(17)25-10-3-4-11-25)26-12-13-29-16(14-26)15-30-27-20-18(23-24-27)7-5-9-22-20/h1-11,16H,12-15H2. The van der Waals surface area contributed by atoms with Crippen molar-refractivity contribution in [2.45, 2.75) is 6.10 Å². The Kier molecular flexibility index (Phi) is 4.86. The van der Waals surface area contributed by atoms with E-state index in [4.69, 9.17) is 9.57 Å². The van der Waals surface area contributed by atoms with E-state index in [1.165, 1.54) is 4.85 Å². The maximum absolute atomic E-state index is 13.2. The van der Waals surface area contributed by atoms with Crippen molar-refractivity contribution in [3.63, 3.8) is 0 Å². The van der Waals surface area contributed by atoms with Gasteiger partial charge in [0.25, 0.3) is 5.91 Å². The molecule has 1 aliphatic heterocycles. The Morgan fingerprint density at radius 2 is 2.00 bits per heavy atom. The Bertz CT molecular complexity index is 1160. The average molecular weight is 404 g/mol. The highest BCUT2D eigenvalue weighted by molar-refractivity contribution is 5.97. The molecule has 4 aromatic rings. The summed E-state index contributed by atoms with van der Waals surface area (Å²) in [5.41, 5.74) is 2.70. The molecule has 0 radical (unpaired) electrons. The molecular formula is C21H20N6O3. The first-order valence-corrected chi connectivity index (χ1v) is 9.72. The number of carbonyl (C=O) groups is 1. The SMILES string of the molecule is O=C(c1ccccc1-n1cccc1)N1CCOC(COn2nnc3cccnc32)C1. The third-order valence-corrected chi connectivity index (χ3v) is 5.01. The summed E-state index contributed by atoms with van der Waals surface area (Å²) in [6, 6.07) is 15.1. The molecule has 1 fully saturated rings. The molecule has 0 bridgehead atoms. The van der Waals surface area contributed by atoms with Gasteiger partial charge in [-0.3, -0.25) is 4.79 Å². The predicted molar refractivity (Wildman–Crippen MR) is 108 cm³/mol. The van der Waals surface area contributed by atoms with Gasteiger partial charge in [-0.1, -0.05) is 17.0 Å². The van der Waals surface area contributed by atoms with E-state index in [-0.39, 0.29) is 18.6 Å². The van der Waals surface area contributed by atoms with Crippen LogP contribution in [0.1, 0.15) is 10.4 Å². The number of rotatable bonds is 5. The summed E-state index contributed by atoms with van der Waals surface area (Å²) in [6.07, 6.45) is 5.24. The fourth-order valence-electron chi connectivity index (χ4n) is 3.54. The molecule has 30 heavy (non-hydrogen) atoms. The number of hydrogen-bond acceptors (Lipinski definition) is 6. The van der Waals surface area contributed by atoms with Crippen LogP contribution in [0.4, 0.5) is 0 Å². The number of hydrogen-bond donors (Lipinski definition) is 0. The van der Waals surface area contributed by atoms with E-state index >= 15 is 0 Å². The maximum Gasteiger partial charge on any atom is 0.256 e. The fraction of sp³-hybridized carbons (Fsp3) is 0.238. The molecule has 1 atom stereocenters. The van der Waals surface area contributed by atoms with Crippen molar-refractivity contribution in [2.24, 2.45) is 0 Å². The zero-order valence-electron chi connectivity index (χ0n) is 16.2. The van der Waals surface area contributed by atoms with E-state index < -0.39 is 0 Å². The van der Waals surface area contributed by atoms with Gasteiger partial charge in [0.05, 0.1) is 24.4 Å².